The Hall–Kier alpha value is -0.670. The number of ether oxygens (including phenoxy) is 1. The highest BCUT2D eigenvalue weighted by molar-refractivity contribution is 7.99. The molecule has 2 nitrogen and oxygen atoms in total. The lowest BCUT2D eigenvalue weighted by Gasteiger charge is -2.17. The van der Waals surface area contributed by atoms with Gasteiger partial charge in [-0.3, -0.25) is 0 Å². The average Bonchev–Trinajstić information content (AvgIpc) is 2.82. The summed E-state index contributed by atoms with van der Waals surface area (Å²) in [5.74, 6) is 3.46. The maximum absolute atomic E-state index is 5.54. The predicted octanol–water partition coefficient (Wildman–Crippen LogP) is 3.03. The molecule has 94 valence electrons. The minimum absolute atomic E-state index is 0.456. The zero-order valence-electron chi connectivity index (χ0n) is 10.7. The molecule has 1 heterocycles. The minimum atomic E-state index is 0.456. The zero-order chi connectivity index (χ0) is 12.1. The van der Waals surface area contributed by atoms with E-state index in [1.807, 2.05) is 18.8 Å². The van der Waals surface area contributed by atoms with E-state index >= 15 is 0 Å². The molecule has 1 aromatic rings. The lowest BCUT2D eigenvalue weighted by Crippen LogP contribution is -2.19. The summed E-state index contributed by atoms with van der Waals surface area (Å²) in [6.45, 7) is 3.07. The van der Waals surface area contributed by atoms with E-state index in [0.29, 0.717) is 6.04 Å². The van der Waals surface area contributed by atoms with Crippen LogP contribution in [0.3, 0.4) is 0 Å². The molecule has 1 atom stereocenters. The van der Waals surface area contributed by atoms with E-state index in [1.165, 1.54) is 23.3 Å². The van der Waals surface area contributed by atoms with Gasteiger partial charge in [-0.25, -0.2) is 0 Å². The van der Waals surface area contributed by atoms with Crippen LogP contribution in [0.1, 0.15) is 30.5 Å². The van der Waals surface area contributed by atoms with E-state index in [1.54, 1.807) is 0 Å². The Morgan fingerprint density at radius 3 is 3.12 bits per heavy atom. The second-order valence-electron chi connectivity index (χ2n) is 4.38. The van der Waals surface area contributed by atoms with Crippen LogP contribution in [0, 0.1) is 0 Å². The summed E-state index contributed by atoms with van der Waals surface area (Å²) in [7, 11) is 2.04. The normalized spacial score (nSPS) is 15.4. The van der Waals surface area contributed by atoms with Crippen LogP contribution in [0.2, 0.25) is 0 Å². The SMILES string of the molecule is CCCSCC(NC)c1ccc2c(c1)CCO2. The molecule has 0 fully saturated rings. The van der Waals surface area contributed by atoms with Crippen molar-refractivity contribution in [1.82, 2.24) is 5.32 Å². The molecular formula is C14H21NOS. The Morgan fingerprint density at radius 1 is 1.47 bits per heavy atom. The number of hydrogen-bond donors (Lipinski definition) is 1. The third-order valence-electron chi connectivity index (χ3n) is 3.10. The van der Waals surface area contributed by atoms with Crippen molar-refractivity contribution in [2.24, 2.45) is 0 Å². The molecule has 0 bridgehead atoms. The van der Waals surface area contributed by atoms with Gasteiger partial charge in [0.15, 0.2) is 0 Å². The maximum atomic E-state index is 5.54. The number of benzene rings is 1. The van der Waals surface area contributed by atoms with Crippen LogP contribution in [0.5, 0.6) is 5.75 Å². The third-order valence-corrected chi connectivity index (χ3v) is 4.36. The molecule has 1 aromatic carbocycles. The van der Waals surface area contributed by atoms with Crippen LogP contribution >= 0.6 is 11.8 Å². The summed E-state index contributed by atoms with van der Waals surface area (Å²) in [4.78, 5) is 0. The molecular weight excluding hydrogens is 230 g/mol. The van der Waals surface area contributed by atoms with Crippen LogP contribution in [0.25, 0.3) is 0 Å². The molecule has 2 rings (SSSR count). The van der Waals surface area contributed by atoms with Gasteiger partial charge in [-0.15, -0.1) is 0 Å². The van der Waals surface area contributed by atoms with E-state index in [-0.39, 0.29) is 0 Å². The summed E-state index contributed by atoms with van der Waals surface area (Å²) in [6, 6.07) is 7.07. The maximum Gasteiger partial charge on any atom is 0.122 e. The summed E-state index contributed by atoms with van der Waals surface area (Å²) >= 11 is 2.02. The first-order chi connectivity index (χ1) is 8.35. The van der Waals surface area contributed by atoms with Crippen LogP contribution in [-0.4, -0.2) is 25.2 Å². The van der Waals surface area contributed by atoms with Crippen molar-refractivity contribution in [2.45, 2.75) is 25.8 Å². The summed E-state index contributed by atoms with van der Waals surface area (Å²) < 4.78 is 5.54. The van der Waals surface area contributed by atoms with Gasteiger partial charge in [0, 0.05) is 18.2 Å². The van der Waals surface area contributed by atoms with E-state index in [0.717, 1.165) is 24.5 Å². The quantitative estimate of drug-likeness (QED) is 0.785. The Balaban J connectivity index is 2.03. The molecule has 1 aliphatic rings. The second kappa shape index (κ2) is 6.31. The molecule has 1 unspecified atom stereocenters. The molecule has 0 spiro atoms. The Morgan fingerprint density at radius 2 is 2.35 bits per heavy atom. The number of rotatable bonds is 6. The second-order valence-corrected chi connectivity index (χ2v) is 5.53. The van der Waals surface area contributed by atoms with Crippen LogP contribution in [-0.2, 0) is 6.42 Å². The standard InChI is InChI=1S/C14H21NOS/c1-3-8-17-10-13(15-2)11-4-5-14-12(9-11)6-7-16-14/h4-5,9,13,15H,3,6-8,10H2,1-2H3. The van der Waals surface area contributed by atoms with E-state index < -0.39 is 0 Å². The van der Waals surface area contributed by atoms with Crippen molar-refractivity contribution in [3.63, 3.8) is 0 Å². The smallest absolute Gasteiger partial charge is 0.122 e. The first-order valence-corrected chi connectivity index (χ1v) is 7.51. The van der Waals surface area contributed by atoms with Crippen molar-refractivity contribution in [3.05, 3.63) is 29.3 Å². The van der Waals surface area contributed by atoms with Gasteiger partial charge in [0.2, 0.25) is 0 Å². The fourth-order valence-electron chi connectivity index (χ4n) is 2.11. The van der Waals surface area contributed by atoms with E-state index in [9.17, 15) is 0 Å². The number of hydrogen-bond acceptors (Lipinski definition) is 3. The highest BCUT2D eigenvalue weighted by Gasteiger charge is 2.15. The molecule has 0 radical (unpaired) electrons. The Bertz CT molecular complexity index is 367. The third kappa shape index (κ3) is 3.17. The highest BCUT2D eigenvalue weighted by Crippen LogP contribution is 2.29. The molecule has 0 amide bonds. The van der Waals surface area contributed by atoms with Crippen molar-refractivity contribution < 1.29 is 4.74 Å². The number of nitrogens with one attached hydrogen (secondary N) is 1. The first-order valence-electron chi connectivity index (χ1n) is 6.35. The zero-order valence-corrected chi connectivity index (χ0v) is 11.5. The molecule has 1 aliphatic heterocycles. The molecule has 0 saturated heterocycles. The van der Waals surface area contributed by atoms with Crippen molar-refractivity contribution in [3.8, 4) is 5.75 Å². The molecule has 17 heavy (non-hydrogen) atoms. The first kappa shape index (κ1) is 12.8. The van der Waals surface area contributed by atoms with Crippen molar-refractivity contribution in [1.29, 1.82) is 0 Å². The van der Waals surface area contributed by atoms with Crippen molar-refractivity contribution in [2.75, 3.05) is 25.2 Å². The molecule has 0 aromatic heterocycles. The van der Waals surface area contributed by atoms with Gasteiger partial charge in [-0.05, 0) is 36.4 Å². The van der Waals surface area contributed by atoms with Gasteiger partial charge in [0.1, 0.15) is 5.75 Å². The van der Waals surface area contributed by atoms with Gasteiger partial charge in [-0.2, -0.15) is 11.8 Å². The summed E-state index contributed by atoms with van der Waals surface area (Å²) in [6.07, 6.45) is 2.31. The topological polar surface area (TPSA) is 21.3 Å². The van der Waals surface area contributed by atoms with Crippen LogP contribution < -0.4 is 10.1 Å². The summed E-state index contributed by atoms with van der Waals surface area (Å²) in [5, 5.41) is 3.41. The van der Waals surface area contributed by atoms with Crippen LogP contribution in [0.15, 0.2) is 18.2 Å². The van der Waals surface area contributed by atoms with Gasteiger partial charge in [-0.1, -0.05) is 19.1 Å². The van der Waals surface area contributed by atoms with Gasteiger partial charge >= 0.3 is 0 Å². The monoisotopic (exact) mass is 251 g/mol. The number of fused-ring (bicyclic) bond motifs is 1. The minimum Gasteiger partial charge on any atom is -0.493 e. The van der Waals surface area contributed by atoms with E-state index in [2.05, 4.69) is 30.4 Å². The van der Waals surface area contributed by atoms with E-state index in [4.69, 9.17) is 4.74 Å². The Kier molecular flexibility index (Phi) is 4.75. The summed E-state index contributed by atoms with van der Waals surface area (Å²) in [5.41, 5.74) is 2.75. The molecule has 1 N–H and O–H groups in total. The fraction of sp³-hybridized carbons (Fsp3) is 0.571. The predicted molar refractivity (Wildman–Crippen MR) is 75.1 cm³/mol. The molecule has 0 aliphatic carbocycles. The van der Waals surface area contributed by atoms with Crippen LogP contribution in [0.4, 0.5) is 0 Å². The highest BCUT2D eigenvalue weighted by atomic mass is 32.2. The molecule has 3 heteroatoms. The molecule has 0 saturated carbocycles. The Labute approximate surface area is 108 Å². The van der Waals surface area contributed by atoms with Crippen molar-refractivity contribution >= 4 is 11.8 Å². The fourth-order valence-corrected chi connectivity index (χ4v) is 3.17. The lowest BCUT2D eigenvalue weighted by molar-refractivity contribution is 0.357. The number of thioether (sulfide) groups is 1. The largest absolute Gasteiger partial charge is 0.493 e. The van der Waals surface area contributed by atoms with Gasteiger partial charge in [0.25, 0.3) is 0 Å². The lowest BCUT2D eigenvalue weighted by atomic mass is 10.0. The van der Waals surface area contributed by atoms with Gasteiger partial charge in [0.05, 0.1) is 6.61 Å². The average molecular weight is 251 g/mol. The van der Waals surface area contributed by atoms with Gasteiger partial charge < -0.3 is 10.1 Å².